The molecule has 0 aromatic rings. The number of ketones is 1. The molecule has 2 heterocycles. The van der Waals surface area contributed by atoms with E-state index >= 15 is 0 Å². The Bertz CT molecular complexity index is 1080. The van der Waals surface area contributed by atoms with Crippen molar-refractivity contribution in [2.24, 2.45) is 0 Å². The van der Waals surface area contributed by atoms with Gasteiger partial charge in [-0.1, -0.05) is 96.8 Å². The number of carbonyl (C=O) groups is 2. The van der Waals surface area contributed by atoms with E-state index < -0.39 is 25.0 Å². The molecule has 1 saturated heterocycles. The van der Waals surface area contributed by atoms with Gasteiger partial charge in [0.25, 0.3) is 0 Å². The first-order valence-electron chi connectivity index (χ1n) is 22.5. The van der Waals surface area contributed by atoms with Crippen LogP contribution in [0.25, 0.3) is 0 Å². The van der Waals surface area contributed by atoms with Gasteiger partial charge in [-0.2, -0.15) is 0 Å². The molecule has 0 amide bonds. The van der Waals surface area contributed by atoms with Gasteiger partial charge in [-0.25, -0.2) is 4.79 Å². The number of rotatable bonds is 32. The first-order valence-corrected chi connectivity index (χ1v) is 32.7. The lowest BCUT2D eigenvalue weighted by atomic mass is 9.99. The van der Waals surface area contributed by atoms with Gasteiger partial charge in [0, 0.05) is 30.9 Å². The van der Waals surface area contributed by atoms with Crippen molar-refractivity contribution in [3.05, 3.63) is 11.6 Å². The summed E-state index contributed by atoms with van der Waals surface area (Å²) in [6, 6.07) is 0. The number of hydrogen-bond acceptors (Lipinski definition) is 7. The molecule has 10 heteroatoms. The Balaban J connectivity index is 1.74. The average molecular weight is 811 g/mol. The number of cyclic esters (lactones) is 1. The minimum absolute atomic E-state index is 0.113. The molecule has 0 bridgehead atoms. The molecule has 7 nitrogen and oxygen atoms in total. The topological polar surface area (TPSA) is 80.3 Å². The van der Waals surface area contributed by atoms with Crippen molar-refractivity contribution in [3.8, 4) is 0 Å². The molecule has 2 aliphatic heterocycles. The molecule has 2 rings (SSSR count). The predicted octanol–water partition coefficient (Wildman–Crippen LogP) is 12.8. The minimum atomic E-state index is -1.82. The van der Waals surface area contributed by atoms with Crippen LogP contribution in [0.3, 0.4) is 0 Å². The highest BCUT2D eigenvalue weighted by atomic mass is 28.4. The Labute approximate surface area is 336 Å². The Kier molecular flexibility index (Phi) is 23.5. The molecule has 0 spiro atoms. The summed E-state index contributed by atoms with van der Waals surface area (Å²) in [6.45, 7) is 24.5. The second kappa shape index (κ2) is 25.7. The van der Waals surface area contributed by atoms with Crippen LogP contribution in [0.4, 0.5) is 0 Å². The van der Waals surface area contributed by atoms with Gasteiger partial charge < -0.3 is 22.8 Å². The number of carbonyl (C=O) groups excluding carboxylic acids is 2. The van der Waals surface area contributed by atoms with Crippen molar-refractivity contribution in [3.63, 3.8) is 0 Å². The van der Waals surface area contributed by atoms with Crippen molar-refractivity contribution in [1.82, 2.24) is 0 Å². The largest absolute Gasteiger partial charge is 0.455 e. The van der Waals surface area contributed by atoms with E-state index in [0.29, 0.717) is 37.0 Å². The summed E-state index contributed by atoms with van der Waals surface area (Å²) in [4.78, 5) is 25.0. The Morgan fingerprint density at radius 3 is 1.52 bits per heavy atom. The zero-order valence-electron chi connectivity index (χ0n) is 37.2. The van der Waals surface area contributed by atoms with E-state index in [1.54, 1.807) is 0 Å². The molecule has 2 aliphatic rings. The Hall–Kier alpha value is -0.629. The van der Waals surface area contributed by atoms with Crippen molar-refractivity contribution < 1.29 is 32.3 Å². The summed E-state index contributed by atoms with van der Waals surface area (Å²) in [5.41, 5.74) is 0.690. The van der Waals surface area contributed by atoms with E-state index in [0.717, 1.165) is 57.8 Å². The quantitative estimate of drug-likeness (QED) is 0.0380. The number of unbranched alkanes of at least 4 members (excludes halogenated alkanes) is 13. The summed E-state index contributed by atoms with van der Waals surface area (Å²) in [5.74, 6) is 0.0588. The van der Waals surface area contributed by atoms with Crippen LogP contribution in [-0.2, 0) is 32.3 Å². The molecule has 0 N–H and O–H groups in total. The molecular weight excluding hydrogens is 725 g/mol. The summed E-state index contributed by atoms with van der Waals surface area (Å²) < 4.78 is 32.2. The summed E-state index contributed by atoms with van der Waals surface area (Å²) in [7, 11) is -5.25. The third-order valence-corrected chi connectivity index (χ3v) is 13.5. The van der Waals surface area contributed by atoms with E-state index in [2.05, 4.69) is 65.8 Å². The first-order chi connectivity index (χ1) is 25.3. The van der Waals surface area contributed by atoms with E-state index in [1.165, 1.54) is 64.2 Å². The summed E-state index contributed by atoms with van der Waals surface area (Å²) in [5, 5.41) is 0. The molecular formula is C44H86O7Si3. The van der Waals surface area contributed by atoms with Gasteiger partial charge in [-0.3, -0.25) is 4.79 Å². The molecule has 54 heavy (non-hydrogen) atoms. The van der Waals surface area contributed by atoms with Crippen LogP contribution in [0.5, 0.6) is 0 Å². The van der Waals surface area contributed by atoms with Gasteiger partial charge in [0.1, 0.15) is 11.9 Å². The van der Waals surface area contributed by atoms with Crippen molar-refractivity contribution in [2.45, 2.75) is 257 Å². The fourth-order valence-electron chi connectivity index (χ4n) is 7.99. The molecule has 316 valence electrons. The molecule has 0 aliphatic carbocycles. The Morgan fingerprint density at radius 2 is 1.09 bits per heavy atom. The van der Waals surface area contributed by atoms with Gasteiger partial charge in [0.2, 0.25) is 0 Å². The standard InChI is InChI=1S/C44H86O7Si3/c1-12-13-14-15-16-17-18-19-22-25-28-42(50-53(6,7)8)40-32-33-41(48-40)43(51-54(9,10)11)29-26-23-20-21-24-27-38(45)30-31-39(49-52(3,4)5)35-37-34-36(2)47-44(37)46/h34,36,39-43H,12-33,35H2,1-11H3/t36-,39+,40-,41-,42-,43-/m0/s1. The van der Waals surface area contributed by atoms with Crippen LogP contribution in [0.15, 0.2) is 11.6 Å². The van der Waals surface area contributed by atoms with Crippen LogP contribution >= 0.6 is 0 Å². The molecule has 6 atom stereocenters. The zero-order valence-corrected chi connectivity index (χ0v) is 40.2. The van der Waals surface area contributed by atoms with Gasteiger partial charge in [-0.15, -0.1) is 0 Å². The maximum absolute atomic E-state index is 12.8. The monoisotopic (exact) mass is 811 g/mol. The predicted molar refractivity (Wildman–Crippen MR) is 234 cm³/mol. The van der Waals surface area contributed by atoms with Crippen LogP contribution in [-0.4, -0.2) is 73.3 Å². The summed E-state index contributed by atoms with van der Waals surface area (Å²) in [6.07, 6.45) is 27.9. The highest BCUT2D eigenvalue weighted by Gasteiger charge is 2.39. The van der Waals surface area contributed by atoms with Crippen LogP contribution in [0, 0.1) is 0 Å². The van der Waals surface area contributed by atoms with Gasteiger partial charge in [0.05, 0.1) is 24.4 Å². The normalized spacial score (nSPS) is 21.3. The lowest BCUT2D eigenvalue weighted by Gasteiger charge is -2.33. The van der Waals surface area contributed by atoms with Crippen LogP contribution < -0.4 is 0 Å². The molecule has 0 radical (unpaired) electrons. The summed E-state index contributed by atoms with van der Waals surface area (Å²) >= 11 is 0. The molecule has 1 fully saturated rings. The molecule has 0 aromatic heterocycles. The highest BCUT2D eigenvalue weighted by molar-refractivity contribution is 6.70. The lowest BCUT2D eigenvalue weighted by molar-refractivity contribution is -0.139. The third kappa shape index (κ3) is 23.6. The van der Waals surface area contributed by atoms with Gasteiger partial charge in [0.15, 0.2) is 25.0 Å². The smallest absolute Gasteiger partial charge is 0.334 e. The van der Waals surface area contributed by atoms with E-state index in [1.807, 2.05) is 13.0 Å². The van der Waals surface area contributed by atoms with E-state index in [-0.39, 0.29) is 42.6 Å². The SMILES string of the molecule is CCCCCCCCCCCC[C@H](O[Si](C)(C)C)[C@@H]1CC[C@@H]([C@H](CCCCCCCC(=O)CC[C@H](CC2=C[C@H](C)OC2=O)O[Si](C)(C)C)O[Si](C)(C)C)O1. The third-order valence-electron chi connectivity index (χ3n) is 10.4. The zero-order chi connectivity index (χ0) is 40.2. The average Bonchev–Trinajstić information content (AvgIpc) is 3.67. The lowest BCUT2D eigenvalue weighted by Crippen LogP contribution is -2.42. The second-order valence-corrected chi connectivity index (χ2v) is 32.9. The van der Waals surface area contributed by atoms with Crippen molar-refractivity contribution >= 4 is 36.7 Å². The first kappa shape index (κ1) is 49.5. The highest BCUT2D eigenvalue weighted by Crippen LogP contribution is 2.33. The van der Waals surface area contributed by atoms with Crippen molar-refractivity contribution in [2.75, 3.05) is 0 Å². The van der Waals surface area contributed by atoms with Crippen LogP contribution in [0.1, 0.15) is 162 Å². The molecule has 0 aromatic carbocycles. The fourth-order valence-corrected chi connectivity index (χ4v) is 11.5. The van der Waals surface area contributed by atoms with Crippen LogP contribution in [0.2, 0.25) is 58.9 Å². The minimum Gasteiger partial charge on any atom is -0.455 e. The van der Waals surface area contributed by atoms with E-state index in [4.69, 9.17) is 22.8 Å². The van der Waals surface area contributed by atoms with Crippen molar-refractivity contribution in [1.29, 1.82) is 0 Å². The maximum atomic E-state index is 12.8. The second-order valence-electron chi connectivity index (χ2n) is 19.5. The van der Waals surface area contributed by atoms with E-state index in [9.17, 15) is 9.59 Å². The van der Waals surface area contributed by atoms with Gasteiger partial charge in [-0.05, 0) is 110 Å². The number of hydrogen-bond donors (Lipinski definition) is 0. The maximum Gasteiger partial charge on any atom is 0.334 e. The number of Topliss-reactive ketones (excluding diaryl/α,β-unsaturated/α-hetero) is 1. The fraction of sp³-hybridized carbons (Fsp3) is 0.909. The molecule has 0 saturated carbocycles. The number of ether oxygens (including phenoxy) is 2. The molecule has 0 unspecified atom stereocenters. The number of esters is 1. The van der Waals surface area contributed by atoms with Gasteiger partial charge >= 0.3 is 5.97 Å². The Morgan fingerprint density at radius 1 is 0.648 bits per heavy atom.